The zero-order valence-corrected chi connectivity index (χ0v) is 87.5. The van der Waals surface area contributed by atoms with Crippen LogP contribution in [0.1, 0.15) is 184 Å². The third kappa shape index (κ3) is 19.3. The van der Waals surface area contributed by atoms with E-state index in [9.17, 15) is 0 Å². The largest absolute Gasteiger partial charge is 0.310 e. The van der Waals surface area contributed by atoms with Crippen molar-refractivity contribution in [2.75, 3.05) is 9.80 Å². The van der Waals surface area contributed by atoms with Crippen molar-refractivity contribution in [3.05, 3.63) is 403 Å². The Morgan fingerprint density at radius 3 is 0.662 bits per heavy atom. The zero-order valence-electron chi connectivity index (χ0n) is 87.5. The van der Waals surface area contributed by atoms with Gasteiger partial charge in [-0.3, -0.25) is 0 Å². The number of rotatable bonds is 19. The smallest absolute Gasteiger partial charge is 0.252 e. The minimum Gasteiger partial charge on any atom is -0.310 e. The molecule has 19 aromatic rings. The topological polar surface area (TPSA) is 16.3 Å². The van der Waals surface area contributed by atoms with E-state index < -0.39 is 0 Å². The molecule has 142 heavy (non-hydrogen) atoms. The van der Waals surface area contributed by atoms with Gasteiger partial charge in [-0.1, -0.05) is 400 Å². The highest BCUT2D eigenvalue weighted by atomic mass is 15.2. The molecule has 2 aliphatic heterocycles. The number of hydrogen-bond acceptors (Lipinski definition) is 2. The van der Waals surface area contributed by atoms with Gasteiger partial charge in [0.1, 0.15) is 0 Å². The number of fused-ring (bicyclic) bond motifs is 10. The van der Waals surface area contributed by atoms with Gasteiger partial charge in [-0.2, -0.15) is 0 Å². The van der Waals surface area contributed by atoms with Crippen molar-refractivity contribution >= 4 is 101 Å². The molecule has 0 radical (unpaired) electrons. The molecule has 2 aliphatic rings. The highest BCUT2D eigenvalue weighted by molar-refractivity contribution is 7.00. The molecule has 0 unspecified atom stereocenters. The predicted octanol–water partition coefficient (Wildman–Crippen LogP) is 36.4. The van der Waals surface area contributed by atoms with E-state index in [4.69, 9.17) is 0 Å². The molecule has 0 N–H and O–H groups in total. The standard InChI is InChI=1S/C137H137BN4/c1-131(2,3)82-89-38-34-50-104(66-89)110-70-93(86-135(13,14)15)71-111(105-51-35-39-90(67-105)83-132(4,5)6)129(110)141-124-80-108(139-120-62-54-100(96-42-26-22-27-43-96)76-114(120)115-77-101(55-63-121(115)139)97-44-28-23-29-45-97)58-60-118(124)138-119-61-59-109(140-122-64-56-102(98-46-30-24-31-47-98)78-116(122)117-79-103(57-65-123(117)140)99-48-32-25-33-49-99)81-125(119)142(127-75-95(88-137(19,20)21)74-126(141)128(127)138)130-112(106-52-36-40-91(68-106)84-133(7,8)9)72-94(87-136(16,17)18)73-113(130)107-53-37-41-92(69-107)85-134(10,11)12/h22-81H,82-88H2,1-21H3. The lowest BCUT2D eigenvalue weighted by atomic mass is 9.33. The van der Waals surface area contributed by atoms with E-state index in [1.807, 2.05) is 0 Å². The van der Waals surface area contributed by atoms with Crippen molar-refractivity contribution in [2.45, 2.75) is 190 Å². The molecule has 21 rings (SSSR count). The average Bonchev–Trinajstić information content (AvgIpc) is 0.768. The molecular formula is C137H137BN4. The van der Waals surface area contributed by atoms with Crippen molar-refractivity contribution in [3.8, 4) is 100 Å². The van der Waals surface area contributed by atoms with Gasteiger partial charge in [0.25, 0.3) is 6.71 Å². The molecule has 0 bridgehead atoms. The molecule has 0 aliphatic carbocycles. The maximum Gasteiger partial charge on any atom is 0.252 e. The summed E-state index contributed by atoms with van der Waals surface area (Å²) in [6.07, 6.45) is 6.18. The molecular weight excluding hydrogens is 1710 g/mol. The number of anilines is 6. The Labute approximate surface area is 845 Å². The zero-order chi connectivity index (χ0) is 99.0. The number of benzene rings is 17. The lowest BCUT2D eigenvalue weighted by Gasteiger charge is -2.46. The van der Waals surface area contributed by atoms with Crippen LogP contribution in [-0.4, -0.2) is 15.8 Å². The van der Waals surface area contributed by atoms with E-state index in [0.29, 0.717) is 0 Å². The van der Waals surface area contributed by atoms with Gasteiger partial charge in [0.2, 0.25) is 0 Å². The monoisotopic (exact) mass is 1850 g/mol. The molecule has 0 saturated carbocycles. The third-order valence-corrected chi connectivity index (χ3v) is 28.5. The fourth-order valence-electron chi connectivity index (χ4n) is 23.4. The second-order valence-corrected chi connectivity index (χ2v) is 49.7. The SMILES string of the molecule is CC(C)(C)Cc1cccc(-c2cc(CC(C)(C)C)cc(-c3cccc(CC(C)(C)C)c3)c2N2c3cc(-n4c5ccc(-c6ccccc6)cc5c5cc(-c6ccccc6)ccc54)ccc3B3c4ccc(-n5c6ccc(-c7ccccc7)cc6c6cc(-c7ccccc7)ccc65)cc4N(c4c(-c5cccc(CC(C)(C)C)c5)cc(CC(C)(C)C)cc4-c4cccc(CC(C)(C)C)c4)c4cc(CC(C)(C)C)cc2c43)c1. The molecule has 2 aromatic heterocycles. The Morgan fingerprint density at radius 2 is 0.415 bits per heavy atom. The number of nitrogens with zero attached hydrogens (tertiary/aromatic N) is 4. The highest BCUT2D eigenvalue weighted by Crippen LogP contribution is 2.57. The molecule has 5 heteroatoms. The van der Waals surface area contributed by atoms with Crippen LogP contribution in [0, 0.1) is 37.9 Å². The summed E-state index contributed by atoms with van der Waals surface area (Å²) in [4.78, 5) is 5.72. The average molecular weight is 1850 g/mol. The molecule has 4 nitrogen and oxygen atoms in total. The van der Waals surface area contributed by atoms with E-state index >= 15 is 0 Å². The van der Waals surface area contributed by atoms with Crippen LogP contribution in [-0.2, 0) is 44.9 Å². The minimum absolute atomic E-state index is 0.0136. The van der Waals surface area contributed by atoms with Crippen LogP contribution < -0.4 is 26.2 Å². The summed E-state index contributed by atoms with van der Waals surface area (Å²) >= 11 is 0. The maximum absolute atomic E-state index is 2.86. The normalized spacial score (nSPS) is 13.1. The molecule has 4 heterocycles. The number of aromatic nitrogens is 2. The van der Waals surface area contributed by atoms with Crippen LogP contribution in [0.5, 0.6) is 0 Å². The number of hydrogen-bond donors (Lipinski definition) is 0. The van der Waals surface area contributed by atoms with Gasteiger partial charge in [0.15, 0.2) is 0 Å². The van der Waals surface area contributed by atoms with Crippen molar-refractivity contribution < 1.29 is 0 Å². The van der Waals surface area contributed by atoms with E-state index in [1.54, 1.807) is 0 Å². The molecule has 0 fully saturated rings. The van der Waals surface area contributed by atoms with Gasteiger partial charge in [-0.15, -0.1) is 0 Å². The van der Waals surface area contributed by atoms with Crippen LogP contribution in [0.15, 0.2) is 364 Å². The lowest BCUT2D eigenvalue weighted by Crippen LogP contribution is -2.61. The fraction of sp³-hybridized carbons (Fsp3) is 0.255. The highest BCUT2D eigenvalue weighted by Gasteiger charge is 2.47. The van der Waals surface area contributed by atoms with Crippen LogP contribution >= 0.6 is 0 Å². The van der Waals surface area contributed by atoms with Gasteiger partial charge in [0, 0.05) is 77.9 Å². The molecule has 17 aromatic carbocycles. The Balaban J connectivity index is 0.951. The van der Waals surface area contributed by atoms with Crippen molar-refractivity contribution in [1.29, 1.82) is 0 Å². The molecule has 0 atom stereocenters. The van der Waals surface area contributed by atoms with Crippen molar-refractivity contribution in [2.24, 2.45) is 37.9 Å². The Bertz CT molecular complexity index is 7250. The molecule has 708 valence electrons. The first kappa shape index (κ1) is 94.3. The molecule has 0 saturated heterocycles. The predicted molar refractivity (Wildman–Crippen MR) is 615 cm³/mol. The van der Waals surface area contributed by atoms with Gasteiger partial charge in [-0.25, -0.2) is 0 Å². The van der Waals surface area contributed by atoms with Crippen molar-refractivity contribution in [3.63, 3.8) is 0 Å². The summed E-state index contributed by atoms with van der Waals surface area (Å²) in [5.41, 5.74) is 45.5. The van der Waals surface area contributed by atoms with Crippen LogP contribution in [0.25, 0.3) is 144 Å². The van der Waals surface area contributed by atoms with E-state index in [0.717, 1.165) is 101 Å². The fourth-order valence-corrected chi connectivity index (χ4v) is 23.4. The Kier molecular flexibility index (Phi) is 24.0. The maximum atomic E-state index is 2.86. The Hall–Kier alpha value is -14.0. The summed E-state index contributed by atoms with van der Waals surface area (Å²) in [6.45, 7) is 50.2. The lowest BCUT2D eigenvalue weighted by molar-refractivity contribution is 0.410. The van der Waals surface area contributed by atoms with Gasteiger partial charge >= 0.3 is 0 Å². The summed E-state index contributed by atoms with van der Waals surface area (Å²) in [5.74, 6) is 0. The third-order valence-electron chi connectivity index (χ3n) is 28.5. The van der Waals surface area contributed by atoms with Crippen LogP contribution in [0.2, 0.25) is 0 Å². The van der Waals surface area contributed by atoms with E-state index in [2.05, 4.69) is 528 Å². The minimum atomic E-state index is -0.330. The van der Waals surface area contributed by atoms with Gasteiger partial charge in [0.05, 0.1) is 33.4 Å². The first-order valence-electron chi connectivity index (χ1n) is 51.8. The molecule has 0 spiro atoms. The van der Waals surface area contributed by atoms with Crippen molar-refractivity contribution in [1.82, 2.24) is 9.13 Å². The van der Waals surface area contributed by atoms with Crippen LogP contribution in [0.4, 0.5) is 34.1 Å². The molecule has 0 amide bonds. The van der Waals surface area contributed by atoms with Gasteiger partial charge < -0.3 is 18.9 Å². The van der Waals surface area contributed by atoms with E-state index in [-0.39, 0.29) is 44.6 Å². The summed E-state index contributed by atoms with van der Waals surface area (Å²) < 4.78 is 5.20. The Morgan fingerprint density at radius 1 is 0.183 bits per heavy atom. The summed E-state index contributed by atoms with van der Waals surface area (Å²) in [6, 6.07) is 143. The van der Waals surface area contributed by atoms with Crippen LogP contribution in [0.3, 0.4) is 0 Å². The summed E-state index contributed by atoms with van der Waals surface area (Å²) in [5, 5.41) is 4.82. The quantitative estimate of drug-likeness (QED) is 0.0750. The van der Waals surface area contributed by atoms with E-state index in [1.165, 1.54) is 177 Å². The van der Waals surface area contributed by atoms with Gasteiger partial charge in [-0.05, 0) is 314 Å². The summed E-state index contributed by atoms with van der Waals surface area (Å²) in [7, 11) is 0. The first-order chi connectivity index (χ1) is 67.7. The second kappa shape index (κ2) is 36.2. The first-order valence-corrected chi connectivity index (χ1v) is 51.8. The second-order valence-electron chi connectivity index (χ2n) is 49.7.